The second kappa shape index (κ2) is 6.34. The van der Waals surface area contributed by atoms with Gasteiger partial charge in [-0.05, 0) is 38.9 Å². The topological polar surface area (TPSA) is 33.1 Å². The Morgan fingerprint density at radius 1 is 1.44 bits per heavy atom. The van der Waals surface area contributed by atoms with E-state index in [-0.39, 0.29) is 0 Å². The van der Waals surface area contributed by atoms with Crippen LogP contribution in [0.25, 0.3) is 0 Å². The van der Waals surface area contributed by atoms with Gasteiger partial charge in [0.2, 0.25) is 0 Å². The highest BCUT2D eigenvalue weighted by Gasteiger charge is 2.18. The minimum atomic E-state index is 0.653. The molecule has 1 aliphatic rings. The second-order valence-electron chi connectivity index (χ2n) is 5.86. The van der Waals surface area contributed by atoms with Crippen LogP contribution in [0.5, 0.6) is 0 Å². The largest absolute Gasteiger partial charge is 0.317 e. The van der Waals surface area contributed by atoms with Crippen molar-refractivity contribution < 1.29 is 0 Å². The SMILES string of the molecule is CC(C)Cn1cc(CN(C)C2CCNCC2)cn1. The van der Waals surface area contributed by atoms with E-state index < -0.39 is 0 Å². The van der Waals surface area contributed by atoms with Crippen LogP contribution in [0.2, 0.25) is 0 Å². The Morgan fingerprint density at radius 2 is 2.17 bits per heavy atom. The molecule has 0 amide bonds. The average Bonchev–Trinajstić information content (AvgIpc) is 2.76. The van der Waals surface area contributed by atoms with E-state index in [1.807, 2.05) is 6.20 Å². The van der Waals surface area contributed by atoms with Crippen LogP contribution >= 0.6 is 0 Å². The van der Waals surface area contributed by atoms with E-state index in [4.69, 9.17) is 0 Å². The molecule has 18 heavy (non-hydrogen) atoms. The van der Waals surface area contributed by atoms with Gasteiger partial charge in [0.15, 0.2) is 0 Å². The molecule has 0 spiro atoms. The molecule has 1 N–H and O–H groups in total. The highest BCUT2D eigenvalue weighted by molar-refractivity contribution is 5.04. The van der Waals surface area contributed by atoms with Gasteiger partial charge in [-0.3, -0.25) is 9.58 Å². The molecule has 102 valence electrons. The van der Waals surface area contributed by atoms with Gasteiger partial charge in [0, 0.05) is 30.9 Å². The van der Waals surface area contributed by atoms with Gasteiger partial charge in [-0.1, -0.05) is 13.8 Å². The lowest BCUT2D eigenvalue weighted by atomic mass is 10.1. The first-order valence-electron chi connectivity index (χ1n) is 7.07. The minimum Gasteiger partial charge on any atom is -0.317 e. The molecule has 2 heterocycles. The third-order valence-corrected chi connectivity index (χ3v) is 3.60. The minimum absolute atomic E-state index is 0.653. The molecule has 1 aliphatic heterocycles. The zero-order chi connectivity index (χ0) is 13.0. The Hall–Kier alpha value is -0.870. The first kappa shape index (κ1) is 13.6. The maximum atomic E-state index is 4.43. The van der Waals surface area contributed by atoms with Crippen molar-refractivity contribution in [1.29, 1.82) is 0 Å². The molecule has 1 fully saturated rings. The summed E-state index contributed by atoms with van der Waals surface area (Å²) in [6.45, 7) is 8.79. The molecule has 0 bridgehead atoms. The lowest BCUT2D eigenvalue weighted by Gasteiger charge is -2.31. The Balaban J connectivity index is 1.86. The highest BCUT2D eigenvalue weighted by atomic mass is 15.3. The van der Waals surface area contributed by atoms with E-state index in [9.17, 15) is 0 Å². The molecule has 0 aromatic carbocycles. The molecule has 0 atom stereocenters. The zero-order valence-corrected chi connectivity index (χ0v) is 11.9. The highest BCUT2D eigenvalue weighted by Crippen LogP contribution is 2.13. The Bertz CT molecular complexity index is 352. The van der Waals surface area contributed by atoms with E-state index in [1.54, 1.807) is 0 Å². The Morgan fingerprint density at radius 3 is 2.83 bits per heavy atom. The monoisotopic (exact) mass is 250 g/mol. The average molecular weight is 250 g/mol. The fourth-order valence-electron chi connectivity index (χ4n) is 2.63. The van der Waals surface area contributed by atoms with Crippen LogP contribution in [0.3, 0.4) is 0 Å². The molecule has 0 unspecified atom stereocenters. The quantitative estimate of drug-likeness (QED) is 0.864. The second-order valence-corrected chi connectivity index (χ2v) is 5.86. The van der Waals surface area contributed by atoms with Gasteiger partial charge >= 0.3 is 0 Å². The Labute approximate surface area is 110 Å². The molecule has 1 aromatic rings. The first-order valence-corrected chi connectivity index (χ1v) is 7.07. The van der Waals surface area contributed by atoms with Crippen LogP contribution in [0, 0.1) is 5.92 Å². The van der Waals surface area contributed by atoms with Crippen molar-refractivity contribution in [3.63, 3.8) is 0 Å². The zero-order valence-electron chi connectivity index (χ0n) is 11.9. The van der Waals surface area contributed by atoms with E-state index in [0.29, 0.717) is 5.92 Å². The van der Waals surface area contributed by atoms with Gasteiger partial charge in [0.05, 0.1) is 6.20 Å². The maximum Gasteiger partial charge on any atom is 0.0534 e. The summed E-state index contributed by atoms with van der Waals surface area (Å²) in [5, 5.41) is 7.85. The predicted octanol–water partition coefficient (Wildman–Crippen LogP) is 1.72. The molecule has 2 rings (SSSR count). The van der Waals surface area contributed by atoms with Crippen LogP contribution in [0.15, 0.2) is 12.4 Å². The number of rotatable bonds is 5. The van der Waals surface area contributed by atoms with Gasteiger partial charge in [-0.15, -0.1) is 0 Å². The van der Waals surface area contributed by atoms with Gasteiger partial charge in [-0.25, -0.2) is 0 Å². The summed E-state index contributed by atoms with van der Waals surface area (Å²) in [7, 11) is 2.23. The van der Waals surface area contributed by atoms with Gasteiger partial charge in [0.1, 0.15) is 0 Å². The molecular formula is C14H26N4. The summed E-state index contributed by atoms with van der Waals surface area (Å²) in [5.41, 5.74) is 1.33. The molecule has 1 saturated heterocycles. The van der Waals surface area contributed by atoms with Gasteiger partial charge in [0.25, 0.3) is 0 Å². The van der Waals surface area contributed by atoms with Crippen molar-refractivity contribution in [3.8, 4) is 0 Å². The summed E-state index contributed by atoms with van der Waals surface area (Å²) >= 11 is 0. The van der Waals surface area contributed by atoms with Crippen molar-refractivity contribution in [2.24, 2.45) is 5.92 Å². The molecule has 0 saturated carbocycles. The van der Waals surface area contributed by atoms with Crippen molar-refractivity contribution >= 4 is 0 Å². The summed E-state index contributed by atoms with van der Waals surface area (Å²) in [6, 6.07) is 0.722. The molecule has 4 nitrogen and oxygen atoms in total. The molecular weight excluding hydrogens is 224 g/mol. The van der Waals surface area contributed by atoms with Crippen LogP contribution in [-0.4, -0.2) is 40.9 Å². The standard InChI is InChI=1S/C14H26N4/c1-12(2)9-18-11-13(8-16-18)10-17(3)14-4-6-15-7-5-14/h8,11-12,14-15H,4-7,9-10H2,1-3H3. The number of piperidine rings is 1. The molecule has 4 heteroatoms. The number of nitrogens with one attached hydrogen (secondary N) is 1. The number of hydrogen-bond acceptors (Lipinski definition) is 3. The fourth-order valence-corrected chi connectivity index (χ4v) is 2.63. The third-order valence-electron chi connectivity index (χ3n) is 3.60. The van der Waals surface area contributed by atoms with Crippen LogP contribution in [-0.2, 0) is 13.1 Å². The van der Waals surface area contributed by atoms with Gasteiger partial charge in [-0.2, -0.15) is 5.10 Å². The van der Waals surface area contributed by atoms with E-state index in [2.05, 4.69) is 47.1 Å². The molecule has 0 aliphatic carbocycles. The summed E-state index contributed by atoms with van der Waals surface area (Å²) in [6.07, 6.45) is 6.73. The van der Waals surface area contributed by atoms with E-state index in [0.717, 1.165) is 32.2 Å². The van der Waals surface area contributed by atoms with Crippen LogP contribution < -0.4 is 5.32 Å². The van der Waals surface area contributed by atoms with Gasteiger partial charge < -0.3 is 5.32 Å². The first-order chi connectivity index (χ1) is 8.65. The predicted molar refractivity (Wildman–Crippen MR) is 74.4 cm³/mol. The number of nitrogens with zero attached hydrogens (tertiary/aromatic N) is 3. The lowest BCUT2D eigenvalue weighted by Crippen LogP contribution is -2.40. The number of aromatic nitrogens is 2. The summed E-state index contributed by atoms with van der Waals surface area (Å²) < 4.78 is 2.07. The Kier molecular flexibility index (Phi) is 4.78. The van der Waals surface area contributed by atoms with Crippen LogP contribution in [0.1, 0.15) is 32.3 Å². The normalized spacial score (nSPS) is 17.8. The fraction of sp³-hybridized carbons (Fsp3) is 0.786. The lowest BCUT2D eigenvalue weighted by molar-refractivity contribution is 0.191. The van der Waals surface area contributed by atoms with Crippen molar-refractivity contribution in [2.45, 2.75) is 45.8 Å². The van der Waals surface area contributed by atoms with Crippen molar-refractivity contribution in [3.05, 3.63) is 18.0 Å². The number of hydrogen-bond donors (Lipinski definition) is 1. The maximum absolute atomic E-state index is 4.43. The molecule has 0 radical (unpaired) electrons. The molecule has 1 aromatic heterocycles. The summed E-state index contributed by atoms with van der Waals surface area (Å²) in [5.74, 6) is 0.653. The van der Waals surface area contributed by atoms with E-state index >= 15 is 0 Å². The van der Waals surface area contributed by atoms with E-state index in [1.165, 1.54) is 18.4 Å². The van der Waals surface area contributed by atoms with Crippen LogP contribution in [0.4, 0.5) is 0 Å². The smallest absolute Gasteiger partial charge is 0.0534 e. The van der Waals surface area contributed by atoms with Crippen molar-refractivity contribution in [2.75, 3.05) is 20.1 Å². The third kappa shape index (κ3) is 3.82. The summed E-state index contributed by atoms with van der Waals surface area (Å²) in [4.78, 5) is 2.47. The van der Waals surface area contributed by atoms with Crippen molar-refractivity contribution in [1.82, 2.24) is 20.0 Å².